The lowest BCUT2D eigenvalue weighted by molar-refractivity contribution is 0.928. The fourth-order valence-corrected chi connectivity index (χ4v) is 3.03. The van der Waals surface area contributed by atoms with Crippen molar-refractivity contribution in [3.63, 3.8) is 0 Å². The molecule has 0 N–H and O–H groups in total. The molecule has 1 aliphatic carbocycles. The highest BCUT2D eigenvalue weighted by atomic mass is 15.0. The van der Waals surface area contributed by atoms with Crippen molar-refractivity contribution in [2.75, 3.05) is 0 Å². The van der Waals surface area contributed by atoms with E-state index in [-0.39, 0.29) is 0 Å². The summed E-state index contributed by atoms with van der Waals surface area (Å²) in [6.07, 6.45) is 0.988. The van der Waals surface area contributed by atoms with E-state index in [9.17, 15) is 0 Å². The number of aromatic nitrogens is 3. The minimum atomic E-state index is 0.763. The molecule has 1 aliphatic rings. The monoisotopic (exact) mass is 273 g/mol. The molecule has 0 atom stereocenters. The van der Waals surface area contributed by atoms with Crippen LogP contribution in [0.1, 0.15) is 22.8 Å². The van der Waals surface area contributed by atoms with Gasteiger partial charge in [0.2, 0.25) is 0 Å². The van der Waals surface area contributed by atoms with Crippen molar-refractivity contribution < 1.29 is 0 Å². The van der Waals surface area contributed by atoms with Crippen molar-refractivity contribution in [2.24, 2.45) is 0 Å². The summed E-state index contributed by atoms with van der Waals surface area (Å²) in [6.45, 7) is 3.81. The molecule has 2 aromatic carbocycles. The van der Waals surface area contributed by atoms with Gasteiger partial charge in [0.15, 0.2) is 5.82 Å². The van der Waals surface area contributed by atoms with E-state index in [0.717, 1.165) is 29.5 Å². The van der Waals surface area contributed by atoms with Crippen LogP contribution < -0.4 is 0 Å². The van der Waals surface area contributed by atoms with Crippen molar-refractivity contribution in [2.45, 2.75) is 20.3 Å². The first-order valence-electron chi connectivity index (χ1n) is 7.11. The SMILES string of the molecule is Cc1nc(C)nc(-c2ccc3c(c2)Cc2ccccc2-3)n1. The quantitative estimate of drug-likeness (QED) is 0.530. The van der Waals surface area contributed by atoms with E-state index in [2.05, 4.69) is 57.4 Å². The lowest BCUT2D eigenvalue weighted by Crippen LogP contribution is -1.99. The second-order valence-corrected chi connectivity index (χ2v) is 5.46. The van der Waals surface area contributed by atoms with Crippen LogP contribution in [-0.2, 0) is 6.42 Å². The van der Waals surface area contributed by atoms with Crippen LogP contribution in [0.25, 0.3) is 22.5 Å². The Morgan fingerprint density at radius 1 is 0.762 bits per heavy atom. The van der Waals surface area contributed by atoms with Gasteiger partial charge in [-0.05, 0) is 48.6 Å². The van der Waals surface area contributed by atoms with Crippen molar-refractivity contribution in [3.8, 4) is 22.5 Å². The van der Waals surface area contributed by atoms with Gasteiger partial charge in [0.1, 0.15) is 11.6 Å². The lowest BCUT2D eigenvalue weighted by atomic mass is 10.0. The first kappa shape index (κ1) is 12.2. The zero-order chi connectivity index (χ0) is 14.4. The van der Waals surface area contributed by atoms with E-state index < -0.39 is 0 Å². The highest BCUT2D eigenvalue weighted by Gasteiger charge is 2.18. The second kappa shape index (κ2) is 4.48. The van der Waals surface area contributed by atoms with Crippen molar-refractivity contribution in [1.29, 1.82) is 0 Å². The topological polar surface area (TPSA) is 38.7 Å². The van der Waals surface area contributed by atoms with Crippen LogP contribution in [-0.4, -0.2) is 15.0 Å². The van der Waals surface area contributed by atoms with Gasteiger partial charge >= 0.3 is 0 Å². The van der Waals surface area contributed by atoms with Crippen LogP contribution in [0.4, 0.5) is 0 Å². The first-order valence-corrected chi connectivity index (χ1v) is 7.11. The van der Waals surface area contributed by atoms with Crippen molar-refractivity contribution in [3.05, 3.63) is 65.2 Å². The second-order valence-electron chi connectivity index (χ2n) is 5.46. The molecule has 0 aliphatic heterocycles. The summed E-state index contributed by atoms with van der Waals surface area (Å²) in [7, 11) is 0. The van der Waals surface area contributed by atoms with Crippen molar-refractivity contribution in [1.82, 2.24) is 15.0 Å². The average Bonchev–Trinajstić information content (AvgIpc) is 2.83. The summed E-state index contributed by atoms with van der Waals surface area (Å²) in [6, 6.07) is 15.1. The molecule has 0 unspecified atom stereocenters. The molecule has 3 heteroatoms. The molecule has 4 rings (SSSR count). The summed E-state index contributed by atoms with van der Waals surface area (Å²) in [4.78, 5) is 13.2. The Morgan fingerprint density at radius 3 is 2.29 bits per heavy atom. The Bertz CT molecular complexity index is 833. The largest absolute Gasteiger partial charge is 0.219 e. The zero-order valence-corrected chi connectivity index (χ0v) is 12.1. The smallest absolute Gasteiger partial charge is 0.163 e. The van der Waals surface area contributed by atoms with Crippen LogP contribution in [0, 0.1) is 13.8 Å². The molecule has 0 amide bonds. The summed E-state index contributed by atoms with van der Waals surface area (Å²) in [5.41, 5.74) is 6.49. The summed E-state index contributed by atoms with van der Waals surface area (Å²) in [5.74, 6) is 2.29. The number of fused-ring (bicyclic) bond motifs is 3. The van der Waals surface area contributed by atoms with Crippen molar-refractivity contribution >= 4 is 0 Å². The normalized spacial score (nSPS) is 12.1. The van der Waals surface area contributed by atoms with Gasteiger partial charge in [-0.15, -0.1) is 0 Å². The number of hydrogen-bond acceptors (Lipinski definition) is 3. The highest BCUT2D eigenvalue weighted by molar-refractivity contribution is 5.79. The number of hydrogen-bond donors (Lipinski definition) is 0. The third-order valence-electron chi connectivity index (χ3n) is 3.91. The third kappa shape index (κ3) is 2.02. The molecule has 3 aromatic rings. The highest BCUT2D eigenvalue weighted by Crippen LogP contribution is 2.37. The molecule has 0 saturated heterocycles. The minimum Gasteiger partial charge on any atom is -0.219 e. The standard InChI is InChI=1S/C18H15N3/c1-11-19-12(2)21-18(20-11)14-7-8-17-15(10-14)9-13-5-3-4-6-16(13)17/h3-8,10H,9H2,1-2H3. The first-order chi connectivity index (χ1) is 10.2. The van der Waals surface area contributed by atoms with E-state index in [1.807, 2.05) is 13.8 Å². The molecule has 1 heterocycles. The summed E-state index contributed by atoms with van der Waals surface area (Å²) >= 11 is 0. The van der Waals surface area contributed by atoms with Gasteiger partial charge in [-0.1, -0.05) is 36.4 Å². The molecule has 3 nitrogen and oxygen atoms in total. The van der Waals surface area contributed by atoms with Gasteiger partial charge in [0.05, 0.1) is 0 Å². The van der Waals surface area contributed by atoms with Gasteiger partial charge in [0.25, 0.3) is 0 Å². The number of nitrogens with zero attached hydrogens (tertiary/aromatic N) is 3. The molecule has 1 aromatic heterocycles. The van der Waals surface area contributed by atoms with E-state index in [1.54, 1.807) is 0 Å². The number of rotatable bonds is 1. The average molecular weight is 273 g/mol. The van der Waals surface area contributed by atoms with E-state index >= 15 is 0 Å². The van der Waals surface area contributed by atoms with Crippen LogP contribution in [0.3, 0.4) is 0 Å². The minimum absolute atomic E-state index is 0.763. The molecule has 0 saturated carbocycles. The Kier molecular flexibility index (Phi) is 2.61. The lowest BCUT2D eigenvalue weighted by Gasteiger charge is -2.06. The predicted molar refractivity (Wildman–Crippen MR) is 83.0 cm³/mol. The Hall–Kier alpha value is -2.55. The molecule has 0 spiro atoms. The fraction of sp³-hybridized carbons (Fsp3) is 0.167. The van der Waals surface area contributed by atoms with Crippen LogP contribution >= 0.6 is 0 Å². The molecule has 0 radical (unpaired) electrons. The number of aryl methyl sites for hydroxylation is 2. The van der Waals surface area contributed by atoms with Crippen LogP contribution in [0.2, 0.25) is 0 Å². The Morgan fingerprint density at radius 2 is 1.48 bits per heavy atom. The van der Waals surface area contributed by atoms with Gasteiger partial charge < -0.3 is 0 Å². The fourth-order valence-electron chi connectivity index (χ4n) is 3.03. The Balaban J connectivity index is 1.83. The maximum atomic E-state index is 4.46. The van der Waals surface area contributed by atoms with Gasteiger partial charge in [0, 0.05) is 5.56 Å². The summed E-state index contributed by atoms with van der Waals surface area (Å²) < 4.78 is 0. The van der Waals surface area contributed by atoms with E-state index in [0.29, 0.717) is 0 Å². The predicted octanol–water partition coefficient (Wildman–Crippen LogP) is 3.73. The van der Waals surface area contributed by atoms with Gasteiger partial charge in [-0.2, -0.15) is 0 Å². The molecular formula is C18H15N3. The zero-order valence-electron chi connectivity index (χ0n) is 12.1. The number of benzene rings is 2. The molecular weight excluding hydrogens is 258 g/mol. The molecule has 102 valence electrons. The maximum Gasteiger partial charge on any atom is 0.163 e. The van der Waals surface area contributed by atoms with Gasteiger partial charge in [-0.3, -0.25) is 0 Å². The Labute approximate surface area is 123 Å². The molecule has 0 bridgehead atoms. The third-order valence-corrected chi connectivity index (χ3v) is 3.91. The van der Waals surface area contributed by atoms with Gasteiger partial charge in [-0.25, -0.2) is 15.0 Å². The summed E-state index contributed by atoms with van der Waals surface area (Å²) in [5, 5.41) is 0. The van der Waals surface area contributed by atoms with E-state index in [1.165, 1.54) is 22.3 Å². The maximum absolute atomic E-state index is 4.46. The van der Waals surface area contributed by atoms with E-state index in [4.69, 9.17) is 0 Å². The molecule has 0 fully saturated rings. The molecule has 21 heavy (non-hydrogen) atoms. The van der Waals surface area contributed by atoms with Crippen LogP contribution in [0.15, 0.2) is 42.5 Å². The van der Waals surface area contributed by atoms with Crippen LogP contribution in [0.5, 0.6) is 0 Å².